The molecule has 2 fully saturated rings. The Morgan fingerprint density at radius 3 is 2.50 bits per heavy atom. The zero-order valence-corrected chi connectivity index (χ0v) is 11.3. The molecule has 2 saturated heterocycles. The maximum atomic E-state index is 6.36. The third kappa shape index (κ3) is 1.82. The largest absolute Gasteiger partial charge is 0.375 e. The topological polar surface area (TPSA) is 18.5 Å². The van der Waals surface area contributed by atoms with Gasteiger partial charge in [0, 0.05) is 5.92 Å². The van der Waals surface area contributed by atoms with Crippen LogP contribution in [0.2, 0.25) is 6.82 Å². The summed E-state index contributed by atoms with van der Waals surface area (Å²) < 4.78 is 12.4. The van der Waals surface area contributed by atoms with E-state index in [-0.39, 0.29) is 5.60 Å². The average Bonchev–Trinajstić information content (AvgIpc) is 2.67. The Morgan fingerprint density at radius 2 is 2.00 bits per heavy atom. The normalized spacial score (nSPS) is 42.3. The molecule has 2 heterocycles. The van der Waals surface area contributed by atoms with Crippen molar-refractivity contribution < 1.29 is 9.47 Å². The molecule has 4 unspecified atom stereocenters. The Kier molecular flexibility index (Phi) is 3.38. The van der Waals surface area contributed by atoms with Gasteiger partial charge in [0.2, 0.25) is 0 Å². The monoisotopic (exact) mass is 224 g/mol. The molecule has 4 atom stereocenters. The first-order chi connectivity index (χ1) is 7.50. The van der Waals surface area contributed by atoms with Crippen molar-refractivity contribution in [1.82, 2.24) is 0 Å². The van der Waals surface area contributed by atoms with E-state index in [1.807, 2.05) is 0 Å². The molecule has 3 heteroatoms. The van der Waals surface area contributed by atoms with Gasteiger partial charge in [-0.3, -0.25) is 0 Å². The zero-order valence-electron chi connectivity index (χ0n) is 11.3. The molecule has 0 saturated carbocycles. The van der Waals surface area contributed by atoms with Crippen LogP contribution in [0.25, 0.3) is 0 Å². The summed E-state index contributed by atoms with van der Waals surface area (Å²) in [6, 6.07) is 0.333. The van der Waals surface area contributed by atoms with Crippen LogP contribution in [0.15, 0.2) is 0 Å². The fourth-order valence-electron chi connectivity index (χ4n) is 3.79. The molecule has 0 N–H and O–H groups in total. The molecular formula is C13H25BO2. The molecule has 0 aromatic rings. The standard InChI is InChI=1S/C13H25BO2/c1-8(2)6-13-7-15-11(10(13)9(3)4)12(14-5)16-13/h8-12,14H,6-7H2,1-5H3. The van der Waals surface area contributed by atoms with Crippen LogP contribution in [-0.4, -0.2) is 31.6 Å². The summed E-state index contributed by atoms with van der Waals surface area (Å²) in [5, 5.41) is 0. The predicted molar refractivity (Wildman–Crippen MR) is 68.1 cm³/mol. The number of ether oxygens (including phenoxy) is 2. The second-order valence-corrected chi connectivity index (χ2v) is 6.27. The van der Waals surface area contributed by atoms with Gasteiger partial charge in [0.15, 0.2) is 7.28 Å². The highest BCUT2D eigenvalue weighted by molar-refractivity contribution is 6.35. The smallest absolute Gasteiger partial charge is 0.158 e. The Balaban J connectivity index is 2.21. The SMILES string of the molecule is CBC1OC2(CC(C)C)COC1C2C(C)C. The molecule has 2 bridgehead atoms. The summed E-state index contributed by atoms with van der Waals surface area (Å²) in [6.07, 6.45) is 1.49. The van der Waals surface area contributed by atoms with Crippen LogP contribution in [-0.2, 0) is 9.47 Å². The van der Waals surface area contributed by atoms with E-state index < -0.39 is 0 Å². The minimum absolute atomic E-state index is 0.0215. The van der Waals surface area contributed by atoms with Gasteiger partial charge in [-0.1, -0.05) is 34.5 Å². The van der Waals surface area contributed by atoms with Crippen molar-refractivity contribution in [2.45, 2.75) is 58.6 Å². The van der Waals surface area contributed by atoms with Crippen LogP contribution in [0.5, 0.6) is 0 Å². The Hall–Kier alpha value is -0.0151. The van der Waals surface area contributed by atoms with E-state index in [0.29, 0.717) is 29.9 Å². The molecule has 0 aromatic heterocycles. The summed E-state index contributed by atoms with van der Waals surface area (Å²) in [5.41, 5.74) is 0.0215. The van der Waals surface area contributed by atoms with Crippen molar-refractivity contribution >= 4 is 7.28 Å². The van der Waals surface area contributed by atoms with Crippen molar-refractivity contribution in [1.29, 1.82) is 0 Å². The number of hydrogen-bond acceptors (Lipinski definition) is 2. The Labute approximate surface area is 100 Å². The highest BCUT2D eigenvalue weighted by atomic mass is 16.6. The number of hydrogen-bond donors (Lipinski definition) is 0. The summed E-state index contributed by atoms with van der Waals surface area (Å²) >= 11 is 0. The van der Waals surface area contributed by atoms with E-state index in [9.17, 15) is 0 Å². The van der Waals surface area contributed by atoms with Crippen molar-refractivity contribution in [3.8, 4) is 0 Å². The van der Waals surface area contributed by atoms with Crippen molar-refractivity contribution in [2.24, 2.45) is 17.8 Å². The molecule has 92 valence electrons. The van der Waals surface area contributed by atoms with Crippen LogP contribution < -0.4 is 0 Å². The average molecular weight is 224 g/mol. The maximum absolute atomic E-state index is 6.36. The summed E-state index contributed by atoms with van der Waals surface area (Å²) in [4.78, 5) is 0. The lowest BCUT2D eigenvalue weighted by atomic mass is 9.68. The van der Waals surface area contributed by atoms with E-state index in [0.717, 1.165) is 20.3 Å². The second-order valence-electron chi connectivity index (χ2n) is 6.27. The predicted octanol–water partition coefficient (Wildman–Crippen LogP) is 2.28. The van der Waals surface area contributed by atoms with Gasteiger partial charge in [-0.15, -0.1) is 0 Å². The van der Waals surface area contributed by atoms with Crippen molar-refractivity contribution in [3.05, 3.63) is 0 Å². The fourth-order valence-corrected chi connectivity index (χ4v) is 3.79. The quantitative estimate of drug-likeness (QED) is 0.682. The van der Waals surface area contributed by atoms with Gasteiger partial charge in [0.1, 0.15) is 0 Å². The second kappa shape index (κ2) is 4.34. The molecule has 0 amide bonds. The number of rotatable bonds is 4. The van der Waals surface area contributed by atoms with Gasteiger partial charge < -0.3 is 9.47 Å². The lowest BCUT2D eigenvalue weighted by molar-refractivity contribution is -0.123. The highest BCUT2D eigenvalue weighted by Crippen LogP contribution is 2.50. The van der Waals surface area contributed by atoms with Crippen LogP contribution in [0, 0.1) is 17.8 Å². The molecular weight excluding hydrogens is 199 g/mol. The van der Waals surface area contributed by atoms with E-state index in [1.54, 1.807) is 0 Å². The molecule has 2 rings (SSSR count). The zero-order chi connectivity index (χ0) is 11.9. The van der Waals surface area contributed by atoms with E-state index in [2.05, 4.69) is 34.5 Å². The molecule has 0 spiro atoms. The van der Waals surface area contributed by atoms with Gasteiger partial charge in [0.05, 0.1) is 24.3 Å². The Morgan fingerprint density at radius 1 is 1.31 bits per heavy atom. The van der Waals surface area contributed by atoms with Crippen molar-refractivity contribution in [3.63, 3.8) is 0 Å². The molecule has 0 radical (unpaired) electrons. The summed E-state index contributed by atoms with van der Waals surface area (Å²) in [7, 11) is 1.08. The van der Waals surface area contributed by atoms with E-state index in [4.69, 9.17) is 9.47 Å². The third-order valence-corrected chi connectivity index (χ3v) is 4.11. The molecule has 2 nitrogen and oxygen atoms in total. The van der Waals surface area contributed by atoms with Crippen molar-refractivity contribution in [2.75, 3.05) is 6.61 Å². The third-order valence-electron chi connectivity index (χ3n) is 4.11. The molecule has 0 aromatic carbocycles. The molecule has 0 aliphatic carbocycles. The highest BCUT2D eigenvalue weighted by Gasteiger charge is 2.60. The molecule has 2 aliphatic heterocycles. The van der Waals surface area contributed by atoms with Gasteiger partial charge in [-0.05, 0) is 18.3 Å². The number of fused-ring (bicyclic) bond motifs is 2. The summed E-state index contributed by atoms with van der Waals surface area (Å²) in [5.74, 6) is 1.93. The molecule has 16 heavy (non-hydrogen) atoms. The first kappa shape index (κ1) is 12.4. The lowest BCUT2D eigenvalue weighted by Gasteiger charge is -2.34. The fraction of sp³-hybridized carbons (Fsp3) is 1.00. The van der Waals surface area contributed by atoms with Crippen LogP contribution in [0.4, 0.5) is 0 Å². The minimum Gasteiger partial charge on any atom is -0.375 e. The lowest BCUT2D eigenvalue weighted by Crippen LogP contribution is -2.42. The van der Waals surface area contributed by atoms with E-state index >= 15 is 0 Å². The van der Waals surface area contributed by atoms with Gasteiger partial charge in [-0.2, -0.15) is 0 Å². The van der Waals surface area contributed by atoms with Crippen LogP contribution >= 0.6 is 0 Å². The van der Waals surface area contributed by atoms with Gasteiger partial charge in [0.25, 0.3) is 0 Å². The Bertz CT molecular complexity index is 254. The van der Waals surface area contributed by atoms with Crippen LogP contribution in [0.1, 0.15) is 34.1 Å². The first-order valence-electron chi connectivity index (χ1n) is 6.79. The van der Waals surface area contributed by atoms with Gasteiger partial charge >= 0.3 is 0 Å². The van der Waals surface area contributed by atoms with Crippen LogP contribution in [0.3, 0.4) is 0 Å². The molecule has 2 aliphatic rings. The minimum atomic E-state index is 0.0215. The first-order valence-corrected chi connectivity index (χ1v) is 6.79. The summed E-state index contributed by atoms with van der Waals surface area (Å²) in [6.45, 7) is 12.2. The van der Waals surface area contributed by atoms with Gasteiger partial charge in [-0.25, -0.2) is 0 Å². The maximum Gasteiger partial charge on any atom is 0.158 e. The van der Waals surface area contributed by atoms with E-state index in [1.165, 1.54) is 0 Å².